The van der Waals surface area contributed by atoms with Crippen molar-refractivity contribution in [3.05, 3.63) is 0 Å². The second-order valence-corrected chi connectivity index (χ2v) is 4.52. The van der Waals surface area contributed by atoms with E-state index in [1.807, 2.05) is 5.48 Å². The Bertz CT molecular complexity index is 160. The molecule has 0 aliphatic heterocycles. The summed E-state index contributed by atoms with van der Waals surface area (Å²) in [7, 11) is 0. The van der Waals surface area contributed by atoms with Crippen LogP contribution in [0.1, 0.15) is 77.6 Å². The van der Waals surface area contributed by atoms with Crippen molar-refractivity contribution >= 4 is 5.84 Å². The summed E-state index contributed by atoms with van der Waals surface area (Å²) in [6.07, 6.45) is 13.7. The largest absolute Gasteiger partial charge is 0.290 e. The molecule has 0 radical (unpaired) electrons. The number of hydrogen-bond donors (Lipinski definition) is 3. The van der Waals surface area contributed by atoms with E-state index in [0.29, 0.717) is 6.42 Å². The zero-order valence-corrected chi connectivity index (χ0v) is 10.7. The van der Waals surface area contributed by atoms with Gasteiger partial charge < -0.3 is 0 Å². The molecule has 0 aromatic heterocycles. The average Bonchev–Trinajstić information content (AvgIpc) is 2.31. The summed E-state index contributed by atoms with van der Waals surface area (Å²) < 4.78 is 0. The number of unbranched alkanes of at least 4 members (excludes halogenated alkanes) is 9. The molecule has 0 fully saturated rings. The molecule has 0 heterocycles. The Morgan fingerprint density at radius 3 is 1.75 bits per heavy atom. The molecule has 0 amide bonds. The van der Waals surface area contributed by atoms with Crippen molar-refractivity contribution in [3.8, 4) is 0 Å². The van der Waals surface area contributed by atoms with Gasteiger partial charge in [0.2, 0.25) is 0 Å². The quantitative estimate of drug-likeness (QED) is 0.214. The summed E-state index contributed by atoms with van der Waals surface area (Å²) in [6.45, 7) is 2.25. The summed E-state index contributed by atoms with van der Waals surface area (Å²) in [5.74, 6) is 0.236. The van der Waals surface area contributed by atoms with Crippen LogP contribution in [0.2, 0.25) is 0 Å². The molecule has 0 saturated heterocycles. The number of nitrogens with one attached hydrogen (secondary N) is 2. The average molecular weight is 228 g/mol. The summed E-state index contributed by atoms with van der Waals surface area (Å²) in [5, 5.41) is 15.6. The molecule has 0 aliphatic rings. The van der Waals surface area contributed by atoms with E-state index in [2.05, 4.69) is 6.92 Å². The zero-order chi connectivity index (χ0) is 12.1. The standard InChI is InChI=1S/C13H28N2O/c1-2-3-4-5-6-7-8-9-10-11-12-13(14)15-16/h16H,2-12H2,1H3,(H2,14,15). The summed E-state index contributed by atoms with van der Waals surface area (Å²) in [6, 6.07) is 0. The van der Waals surface area contributed by atoms with Gasteiger partial charge in [-0.1, -0.05) is 64.7 Å². The van der Waals surface area contributed by atoms with Crippen LogP contribution in [0, 0.1) is 5.41 Å². The molecule has 96 valence electrons. The van der Waals surface area contributed by atoms with E-state index in [9.17, 15) is 0 Å². The van der Waals surface area contributed by atoms with Crippen LogP contribution in [0.25, 0.3) is 0 Å². The molecule has 0 aliphatic carbocycles. The van der Waals surface area contributed by atoms with Crippen molar-refractivity contribution in [2.45, 2.75) is 77.6 Å². The van der Waals surface area contributed by atoms with Gasteiger partial charge in [-0.3, -0.25) is 16.1 Å². The minimum atomic E-state index is 0.236. The van der Waals surface area contributed by atoms with E-state index in [1.54, 1.807) is 0 Å². The monoisotopic (exact) mass is 228 g/mol. The van der Waals surface area contributed by atoms with Gasteiger partial charge in [-0.2, -0.15) is 0 Å². The fourth-order valence-corrected chi connectivity index (χ4v) is 1.85. The van der Waals surface area contributed by atoms with Crippen LogP contribution in [0.4, 0.5) is 0 Å². The molecular formula is C13H28N2O. The predicted molar refractivity (Wildman–Crippen MR) is 69.1 cm³/mol. The van der Waals surface area contributed by atoms with Crippen LogP contribution >= 0.6 is 0 Å². The van der Waals surface area contributed by atoms with Crippen molar-refractivity contribution in [3.63, 3.8) is 0 Å². The van der Waals surface area contributed by atoms with Gasteiger partial charge in [0, 0.05) is 6.42 Å². The highest BCUT2D eigenvalue weighted by atomic mass is 16.5. The van der Waals surface area contributed by atoms with Crippen molar-refractivity contribution in [2.75, 3.05) is 0 Å². The minimum absolute atomic E-state index is 0.236. The van der Waals surface area contributed by atoms with Crippen molar-refractivity contribution < 1.29 is 5.21 Å². The maximum atomic E-state index is 8.40. The second-order valence-electron chi connectivity index (χ2n) is 4.52. The maximum Gasteiger partial charge on any atom is 0.117 e. The fraction of sp³-hybridized carbons (Fsp3) is 0.923. The highest BCUT2D eigenvalue weighted by Crippen LogP contribution is 2.11. The molecule has 0 spiro atoms. The topological polar surface area (TPSA) is 56.1 Å². The van der Waals surface area contributed by atoms with E-state index in [1.165, 1.54) is 57.8 Å². The molecule has 0 saturated carbocycles. The van der Waals surface area contributed by atoms with E-state index in [4.69, 9.17) is 10.6 Å². The lowest BCUT2D eigenvalue weighted by Crippen LogP contribution is -2.16. The lowest BCUT2D eigenvalue weighted by molar-refractivity contribution is 0.230. The normalized spacial score (nSPS) is 10.4. The molecule has 0 aromatic carbocycles. The lowest BCUT2D eigenvalue weighted by atomic mass is 10.1. The molecule has 0 unspecified atom stereocenters. The van der Waals surface area contributed by atoms with Gasteiger partial charge in [-0.25, -0.2) is 0 Å². The van der Waals surface area contributed by atoms with Crippen LogP contribution in [-0.4, -0.2) is 11.0 Å². The number of hydrogen-bond acceptors (Lipinski definition) is 2. The highest BCUT2D eigenvalue weighted by Gasteiger charge is 1.95. The van der Waals surface area contributed by atoms with E-state index in [-0.39, 0.29) is 5.84 Å². The molecule has 3 heteroatoms. The maximum absolute atomic E-state index is 8.40. The first-order chi connectivity index (χ1) is 7.81. The molecule has 0 aromatic rings. The Morgan fingerprint density at radius 1 is 0.875 bits per heavy atom. The summed E-state index contributed by atoms with van der Waals surface area (Å²) in [4.78, 5) is 0. The first-order valence-electron chi connectivity index (χ1n) is 6.78. The zero-order valence-electron chi connectivity index (χ0n) is 10.7. The van der Waals surface area contributed by atoms with Gasteiger partial charge in [0.15, 0.2) is 0 Å². The summed E-state index contributed by atoms with van der Waals surface area (Å²) in [5.41, 5.74) is 1.88. The number of amidine groups is 1. The second kappa shape index (κ2) is 12.5. The summed E-state index contributed by atoms with van der Waals surface area (Å²) >= 11 is 0. The Morgan fingerprint density at radius 2 is 1.31 bits per heavy atom. The Labute approximate surface area is 100 Å². The van der Waals surface area contributed by atoms with Crippen LogP contribution in [0.5, 0.6) is 0 Å². The van der Waals surface area contributed by atoms with Gasteiger partial charge in [0.1, 0.15) is 5.84 Å². The van der Waals surface area contributed by atoms with E-state index >= 15 is 0 Å². The third-order valence-corrected chi connectivity index (χ3v) is 2.92. The fourth-order valence-electron chi connectivity index (χ4n) is 1.85. The lowest BCUT2D eigenvalue weighted by Gasteiger charge is -2.03. The molecule has 16 heavy (non-hydrogen) atoms. The molecule has 3 N–H and O–H groups in total. The first-order valence-corrected chi connectivity index (χ1v) is 6.78. The third-order valence-electron chi connectivity index (χ3n) is 2.92. The smallest absolute Gasteiger partial charge is 0.117 e. The molecule has 0 rings (SSSR count). The molecular weight excluding hydrogens is 200 g/mol. The van der Waals surface area contributed by atoms with Gasteiger partial charge in [-0.15, -0.1) is 0 Å². The SMILES string of the molecule is CCCCCCCCCCCCC(=N)NO. The van der Waals surface area contributed by atoms with Crippen molar-refractivity contribution in [2.24, 2.45) is 0 Å². The Hall–Kier alpha value is -0.570. The van der Waals surface area contributed by atoms with Crippen molar-refractivity contribution in [1.29, 1.82) is 5.41 Å². The first kappa shape index (κ1) is 15.4. The molecule has 0 atom stereocenters. The number of rotatable bonds is 11. The van der Waals surface area contributed by atoms with Crippen LogP contribution in [-0.2, 0) is 0 Å². The third kappa shape index (κ3) is 11.5. The van der Waals surface area contributed by atoms with Gasteiger partial charge >= 0.3 is 0 Å². The predicted octanol–water partition coefficient (Wildman–Crippen LogP) is 4.25. The number of hydroxylamine groups is 1. The van der Waals surface area contributed by atoms with Gasteiger partial charge in [0.05, 0.1) is 0 Å². The van der Waals surface area contributed by atoms with E-state index in [0.717, 1.165) is 6.42 Å². The Balaban J connectivity index is 2.96. The van der Waals surface area contributed by atoms with Gasteiger partial charge in [-0.05, 0) is 6.42 Å². The molecule has 3 nitrogen and oxygen atoms in total. The Kier molecular flexibility index (Phi) is 12.1. The van der Waals surface area contributed by atoms with Crippen molar-refractivity contribution in [1.82, 2.24) is 5.48 Å². The highest BCUT2D eigenvalue weighted by molar-refractivity contribution is 5.77. The van der Waals surface area contributed by atoms with E-state index < -0.39 is 0 Å². The van der Waals surface area contributed by atoms with Crippen LogP contribution in [0.15, 0.2) is 0 Å². The van der Waals surface area contributed by atoms with Crippen LogP contribution < -0.4 is 5.48 Å². The molecule has 0 bridgehead atoms. The van der Waals surface area contributed by atoms with Gasteiger partial charge in [0.25, 0.3) is 0 Å². The minimum Gasteiger partial charge on any atom is -0.290 e. The van der Waals surface area contributed by atoms with Crippen LogP contribution in [0.3, 0.4) is 0 Å².